The van der Waals surface area contributed by atoms with E-state index in [0.29, 0.717) is 38.6 Å². The Balaban J connectivity index is 1.62. The Kier molecular flexibility index (Phi) is 5.32. The number of hydrogen-bond donors (Lipinski definition) is 1. The molecule has 1 aliphatic carbocycles. The fraction of sp³-hybridized carbons (Fsp3) is 0.556. The first kappa shape index (κ1) is 18.8. The van der Waals surface area contributed by atoms with Gasteiger partial charge in [0.15, 0.2) is 9.84 Å². The number of amides is 1. The number of carboxylic acid groups (broad SMARTS) is 1. The van der Waals surface area contributed by atoms with Crippen LogP contribution in [0.3, 0.4) is 0 Å². The number of carboxylic acids is 1. The Morgan fingerprint density at radius 1 is 1.00 bits per heavy atom. The van der Waals surface area contributed by atoms with E-state index >= 15 is 0 Å². The number of likely N-dealkylation sites (tertiary alicyclic amines) is 1. The number of benzene rings is 1. The predicted octanol–water partition coefficient (Wildman–Crippen LogP) is 2.09. The summed E-state index contributed by atoms with van der Waals surface area (Å²) in [6, 6.07) is 4.74. The maximum absolute atomic E-state index is 13.0. The van der Waals surface area contributed by atoms with Crippen molar-refractivity contribution >= 4 is 21.7 Å². The molecule has 3 rings (SSSR count). The standard InChI is InChI=1S/C18H22FNO5S/c19-14-5-7-15(8-6-14)26(24,25)16-9-10-20(11-16)17(21)12-1-3-13(4-2-12)18(22)23/h5-8,12-13,16H,1-4,9-11H2,(H,22,23)/t12-,13+,16-/m0/s1. The van der Waals surface area contributed by atoms with Crippen LogP contribution in [0.15, 0.2) is 29.2 Å². The van der Waals surface area contributed by atoms with E-state index in [1.807, 2.05) is 0 Å². The van der Waals surface area contributed by atoms with Crippen molar-refractivity contribution < 1.29 is 27.5 Å². The van der Waals surface area contributed by atoms with Gasteiger partial charge in [-0.3, -0.25) is 9.59 Å². The summed E-state index contributed by atoms with van der Waals surface area (Å²) in [5.41, 5.74) is 0. The summed E-state index contributed by atoms with van der Waals surface area (Å²) in [7, 11) is -3.61. The number of rotatable bonds is 4. The molecule has 1 saturated carbocycles. The quantitative estimate of drug-likeness (QED) is 0.804. The van der Waals surface area contributed by atoms with Gasteiger partial charge in [0.1, 0.15) is 5.82 Å². The molecule has 26 heavy (non-hydrogen) atoms. The van der Waals surface area contributed by atoms with E-state index in [4.69, 9.17) is 5.11 Å². The molecular formula is C18H22FNO5S. The van der Waals surface area contributed by atoms with Crippen molar-refractivity contribution in [1.29, 1.82) is 0 Å². The number of sulfone groups is 1. The second-order valence-electron chi connectivity index (χ2n) is 7.08. The van der Waals surface area contributed by atoms with E-state index < -0.39 is 26.9 Å². The number of halogens is 1. The van der Waals surface area contributed by atoms with Crippen molar-refractivity contribution in [3.63, 3.8) is 0 Å². The van der Waals surface area contributed by atoms with E-state index in [9.17, 15) is 22.4 Å². The zero-order valence-electron chi connectivity index (χ0n) is 14.3. The molecule has 1 heterocycles. The Morgan fingerprint density at radius 3 is 2.15 bits per heavy atom. The lowest BCUT2D eigenvalue weighted by molar-refractivity contribution is -0.145. The lowest BCUT2D eigenvalue weighted by Crippen LogP contribution is -2.38. The van der Waals surface area contributed by atoms with Crippen LogP contribution in [0.2, 0.25) is 0 Å². The fourth-order valence-corrected chi connectivity index (χ4v) is 5.54. The minimum absolute atomic E-state index is 0.0696. The zero-order chi connectivity index (χ0) is 18.9. The molecule has 8 heteroatoms. The van der Waals surface area contributed by atoms with Crippen LogP contribution >= 0.6 is 0 Å². The van der Waals surface area contributed by atoms with E-state index in [-0.39, 0.29) is 29.2 Å². The molecule has 0 bridgehead atoms. The highest BCUT2D eigenvalue weighted by atomic mass is 32.2. The van der Waals surface area contributed by atoms with E-state index in [1.165, 1.54) is 12.1 Å². The lowest BCUT2D eigenvalue weighted by atomic mass is 9.81. The van der Waals surface area contributed by atoms with E-state index in [0.717, 1.165) is 12.1 Å². The lowest BCUT2D eigenvalue weighted by Gasteiger charge is -2.28. The first-order valence-corrected chi connectivity index (χ1v) is 10.3. The Hall–Kier alpha value is -1.96. The third-order valence-corrected chi connectivity index (χ3v) is 7.66. The summed E-state index contributed by atoms with van der Waals surface area (Å²) >= 11 is 0. The molecule has 0 spiro atoms. The molecule has 0 aromatic heterocycles. The van der Waals surface area contributed by atoms with Crippen LogP contribution in [0.1, 0.15) is 32.1 Å². The molecular weight excluding hydrogens is 361 g/mol. The summed E-state index contributed by atoms with van der Waals surface area (Å²) < 4.78 is 38.4. The van der Waals surface area contributed by atoms with Crippen molar-refractivity contribution in [2.75, 3.05) is 13.1 Å². The normalized spacial score (nSPS) is 26.7. The predicted molar refractivity (Wildman–Crippen MR) is 91.7 cm³/mol. The Bertz CT molecular complexity index is 784. The minimum atomic E-state index is -3.61. The topological polar surface area (TPSA) is 91.8 Å². The molecule has 1 aromatic carbocycles. The molecule has 2 fully saturated rings. The molecule has 0 unspecified atom stereocenters. The van der Waals surface area contributed by atoms with Gasteiger partial charge in [0.05, 0.1) is 16.1 Å². The van der Waals surface area contributed by atoms with Crippen molar-refractivity contribution in [1.82, 2.24) is 4.90 Å². The van der Waals surface area contributed by atoms with Gasteiger partial charge in [0.25, 0.3) is 0 Å². The van der Waals surface area contributed by atoms with Crippen LogP contribution in [-0.4, -0.2) is 48.6 Å². The molecule has 6 nitrogen and oxygen atoms in total. The van der Waals surface area contributed by atoms with E-state index in [2.05, 4.69) is 0 Å². The maximum atomic E-state index is 13.0. The smallest absolute Gasteiger partial charge is 0.306 e. The molecule has 1 saturated heterocycles. The summed E-state index contributed by atoms with van der Waals surface area (Å²) in [6.45, 7) is 0.514. The monoisotopic (exact) mass is 383 g/mol. The summed E-state index contributed by atoms with van der Waals surface area (Å²) in [6.07, 6.45) is 2.38. The first-order chi connectivity index (χ1) is 12.3. The molecule has 1 aliphatic heterocycles. The second kappa shape index (κ2) is 7.34. The van der Waals surface area contributed by atoms with Gasteiger partial charge in [-0.1, -0.05) is 0 Å². The van der Waals surface area contributed by atoms with Crippen LogP contribution < -0.4 is 0 Å². The van der Waals surface area contributed by atoms with Gasteiger partial charge < -0.3 is 10.0 Å². The highest BCUT2D eigenvalue weighted by Crippen LogP contribution is 2.32. The SMILES string of the molecule is O=C(O)[C@H]1CC[C@@H](C(=O)N2CC[C@H](S(=O)(=O)c3ccc(F)cc3)C2)CC1. The van der Waals surface area contributed by atoms with Gasteiger partial charge in [-0.05, 0) is 56.4 Å². The fourth-order valence-electron chi connectivity index (χ4n) is 3.84. The Morgan fingerprint density at radius 2 is 1.58 bits per heavy atom. The zero-order valence-corrected chi connectivity index (χ0v) is 15.1. The van der Waals surface area contributed by atoms with Crippen molar-refractivity contribution in [3.8, 4) is 0 Å². The molecule has 1 atom stereocenters. The van der Waals surface area contributed by atoms with Crippen LogP contribution in [-0.2, 0) is 19.4 Å². The highest BCUT2D eigenvalue weighted by Gasteiger charge is 2.39. The van der Waals surface area contributed by atoms with Gasteiger partial charge in [-0.2, -0.15) is 0 Å². The number of carbonyl (C=O) groups excluding carboxylic acids is 1. The third-order valence-electron chi connectivity index (χ3n) is 5.46. The maximum Gasteiger partial charge on any atom is 0.306 e. The molecule has 0 radical (unpaired) electrons. The number of nitrogens with zero attached hydrogens (tertiary/aromatic N) is 1. The van der Waals surface area contributed by atoms with Crippen LogP contribution in [0.4, 0.5) is 4.39 Å². The van der Waals surface area contributed by atoms with Crippen molar-refractivity contribution in [3.05, 3.63) is 30.1 Å². The van der Waals surface area contributed by atoms with Crippen molar-refractivity contribution in [2.24, 2.45) is 11.8 Å². The third kappa shape index (κ3) is 3.75. The van der Waals surface area contributed by atoms with Gasteiger partial charge in [0.2, 0.25) is 5.91 Å². The van der Waals surface area contributed by atoms with Crippen LogP contribution in [0, 0.1) is 17.7 Å². The van der Waals surface area contributed by atoms with Gasteiger partial charge >= 0.3 is 5.97 Å². The molecule has 2 aliphatic rings. The van der Waals surface area contributed by atoms with Gasteiger partial charge in [-0.15, -0.1) is 0 Å². The van der Waals surface area contributed by atoms with Gasteiger partial charge in [-0.25, -0.2) is 12.8 Å². The summed E-state index contributed by atoms with van der Waals surface area (Å²) in [5.74, 6) is -2.00. The number of aliphatic carboxylic acids is 1. The summed E-state index contributed by atoms with van der Waals surface area (Å²) in [4.78, 5) is 25.3. The molecule has 142 valence electrons. The minimum Gasteiger partial charge on any atom is -0.481 e. The highest BCUT2D eigenvalue weighted by molar-refractivity contribution is 7.92. The van der Waals surface area contributed by atoms with Crippen LogP contribution in [0.5, 0.6) is 0 Å². The molecule has 1 amide bonds. The average Bonchev–Trinajstić information content (AvgIpc) is 3.12. The van der Waals surface area contributed by atoms with Crippen LogP contribution in [0.25, 0.3) is 0 Å². The Labute approximate surface area is 151 Å². The number of hydrogen-bond acceptors (Lipinski definition) is 4. The number of carbonyl (C=O) groups is 2. The molecule has 1 aromatic rings. The first-order valence-electron chi connectivity index (χ1n) is 8.80. The van der Waals surface area contributed by atoms with Gasteiger partial charge in [0, 0.05) is 19.0 Å². The summed E-state index contributed by atoms with van der Waals surface area (Å²) in [5, 5.41) is 8.35. The largest absolute Gasteiger partial charge is 0.481 e. The van der Waals surface area contributed by atoms with Crippen molar-refractivity contribution in [2.45, 2.75) is 42.2 Å². The van der Waals surface area contributed by atoms with E-state index in [1.54, 1.807) is 4.90 Å². The average molecular weight is 383 g/mol. The molecule has 1 N–H and O–H groups in total. The second-order valence-corrected chi connectivity index (χ2v) is 9.31.